The molecule has 164 valence electrons. The zero-order valence-corrected chi connectivity index (χ0v) is 19.2. The Balaban J connectivity index is 1.81. The Morgan fingerprint density at radius 2 is 2.00 bits per heavy atom. The Labute approximate surface area is 185 Å². The molecule has 0 aliphatic heterocycles. The summed E-state index contributed by atoms with van der Waals surface area (Å²) in [6.45, 7) is 4.43. The van der Waals surface area contributed by atoms with Gasteiger partial charge in [0.25, 0.3) is 0 Å². The first kappa shape index (κ1) is 22.7. The van der Waals surface area contributed by atoms with E-state index in [0.29, 0.717) is 29.0 Å². The highest BCUT2D eigenvalue weighted by Gasteiger charge is 2.13. The smallest absolute Gasteiger partial charge is 0.442 e. The minimum absolute atomic E-state index is 0.177. The van der Waals surface area contributed by atoms with E-state index in [0.717, 1.165) is 16.9 Å². The number of nitrogens with one attached hydrogen (secondary N) is 1. The molecular weight excluding hydrogens is 436 g/mol. The van der Waals surface area contributed by atoms with E-state index >= 15 is 0 Å². The number of nitrogens with zero attached hydrogens (tertiary/aromatic N) is 3. The van der Waals surface area contributed by atoms with Crippen molar-refractivity contribution in [3.8, 4) is 16.3 Å². The van der Waals surface area contributed by atoms with E-state index in [-0.39, 0.29) is 6.61 Å². The number of ether oxygens (including phenoxy) is 2. The van der Waals surface area contributed by atoms with Gasteiger partial charge in [-0.3, -0.25) is 0 Å². The minimum atomic E-state index is -2.90. The van der Waals surface area contributed by atoms with Crippen LogP contribution in [-0.4, -0.2) is 39.7 Å². The first-order chi connectivity index (χ1) is 14.9. The van der Waals surface area contributed by atoms with Crippen LogP contribution in [0.3, 0.4) is 0 Å². The van der Waals surface area contributed by atoms with Crippen molar-refractivity contribution in [2.24, 2.45) is 4.36 Å². The normalized spacial score (nSPS) is 12.6. The number of aromatic nitrogens is 2. The molecule has 8 nitrogen and oxygen atoms in total. The van der Waals surface area contributed by atoms with Gasteiger partial charge in [0.15, 0.2) is 0 Å². The van der Waals surface area contributed by atoms with Crippen molar-refractivity contribution in [1.29, 1.82) is 0 Å². The monoisotopic (exact) mass is 460 g/mol. The van der Waals surface area contributed by atoms with E-state index < -0.39 is 15.8 Å². The molecule has 2 heterocycles. The highest BCUT2D eigenvalue weighted by molar-refractivity contribution is 7.93. The fraction of sp³-hybridized carbons (Fsp3) is 0.286. The van der Waals surface area contributed by atoms with E-state index in [1.807, 2.05) is 24.4 Å². The molecule has 1 aromatic carbocycles. The van der Waals surface area contributed by atoms with Crippen molar-refractivity contribution in [3.63, 3.8) is 0 Å². The van der Waals surface area contributed by atoms with Crippen LogP contribution >= 0.6 is 11.3 Å². The molecule has 3 aromatic rings. The maximum absolute atomic E-state index is 12.7. The number of rotatable bonds is 8. The highest BCUT2D eigenvalue weighted by atomic mass is 32.2. The molecule has 1 unspecified atom stereocenters. The number of amides is 1. The molecule has 3 rings (SSSR count). The van der Waals surface area contributed by atoms with Gasteiger partial charge in [-0.15, -0.1) is 15.7 Å². The summed E-state index contributed by atoms with van der Waals surface area (Å²) in [5, 5.41) is 5.11. The third-order valence-electron chi connectivity index (χ3n) is 4.05. The van der Waals surface area contributed by atoms with Gasteiger partial charge in [-0.25, -0.2) is 14.0 Å². The van der Waals surface area contributed by atoms with Crippen LogP contribution in [0.15, 0.2) is 57.2 Å². The fourth-order valence-corrected chi connectivity index (χ4v) is 4.41. The molecule has 2 aromatic heterocycles. The second kappa shape index (κ2) is 10.4. The Morgan fingerprint density at radius 1 is 1.23 bits per heavy atom. The van der Waals surface area contributed by atoms with Crippen molar-refractivity contribution in [2.75, 3.05) is 24.8 Å². The predicted molar refractivity (Wildman–Crippen MR) is 123 cm³/mol. The number of thiophene rings is 1. The van der Waals surface area contributed by atoms with Crippen LogP contribution in [0.5, 0.6) is 5.88 Å². The van der Waals surface area contributed by atoms with E-state index in [2.05, 4.69) is 19.6 Å². The molecule has 31 heavy (non-hydrogen) atoms. The van der Waals surface area contributed by atoms with Crippen molar-refractivity contribution < 1.29 is 18.5 Å². The van der Waals surface area contributed by atoms with Gasteiger partial charge in [0.05, 0.1) is 28.5 Å². The first-order valence-corrected chi connectivity index (χ1v) is 12.5. The first-order valence-electron chi connectivity index (χ1n) is 9.72. The van der Waals surface area contributed by atoms with Gasteiger partial charge in [-0.1, -0.05) is 13.0 Å². The van der Waals surface area contributed by atoms with E-state index in [4.69, 9.17) is 9.47 Å². The topological polar surface area (TPSA) is 103 Å². The van der Waals surface area contributed by atoms with Crippen molar-refractivity contribution in [2.45, 2.75) is 25.2 Å². The SMILES string of the molecule is CCCOc1nc(Nc2ccc(S(C)(=O)=NC(=O)OCC)cc2)ncc1-c1cccs1. The largest absolute Gasteiger partial charge is 0.477 e. The average molecular weight is 461 g/mol. The summed E-state index contributed by atoms with van der Waals surface area (Å²) in [6.07, 6.45) is 3.16. The Kier molecular flexibility index (Phi) is 7.59. The van der Waals surface area contributed by atoms with Crippen LogP contribution in [0.2, 0.25) is 0 Å². The second-order valence-electron chi connectivity index (χ2n) is 6.48. The summed E-state index contributed by atoms with van der Waals surface area (Å²) in [5.41, 5.74) is 1.54. The van der Waals surface area contributed by atoms with Gasteiger partial charge in [-0.2, -0.15) is 4.98 Å². The quantitative estimate of drug-likeness (QED) is 0.483. The van der Waals surface area contributed by atoms with E-state index in [9.17, 15) is 9.00 Å². The number of anilines is 2. The molecule has 0 spiro atoms. The lowest BCUT2D eigenvalue weighted by molar-refractivity contribution is 0.164. The van der Waals surface area contributed by atoms with Crippen molar-refractivity contribution >= 4 is 38.8 Å². The van der Waals surface area contributed by atoms with Crippen LogP contribution in [-0.2, 0) is 14.5 Å². The molecule has 0 bridgehead atoms. The summed E-state index contributed by atoms with van der Waals surface area (Å²) in [7, 11) is -2.90. The van der Waals surface area contributed by atoms with Gasteiger partial charge in [0.1, 0.15) is 0 Å². The summed E-state index contributed by atoms with van der Waals surface area (Å²) in [5.74, 6) is 0.899. The number of hydrogen-bond acceptors (Lipinski definition) is 8. The number of hydrogen-bond donors (Lipinski definition) is 1. The summed E-state index contributed by atoms with van der Waals surface area (Å²) >= 11 is 1.59. The summed E-state index contributed by atoms with van der Waals surface area (Å²) < 4.78 is 27.0. The zero-order valence-electron chi connectivity index (χ0n) is 17.5. The molecule has 1 N–H and O–H groups in total. The number of benzene rings is 1. The van der Waals surface area contributed by atoms with Crippen LogP contribution in [0.25, 0.3) is 10.4 Å². The van der Waals surface area contributed by atoms with E-state index in [1.165, 1.54) is 6.26 Å². The average Bonchev–Trinajstić information content (AvgIpc) is 3.27. The van der Waals surface area contributed by atoms with Crippen LogP contribution in [0.4, 0.5) is 16.4 Å². The summed E-state index contributed by atoms with van der Waals surface area (Å²) in [6, 6.07) is 10.7. The second-order valence-corrected chi connectivity index (χ2v) is 9.69. The molecule has 0 aliphatic rings. The van der Waals surface area contributed by atoms with Gasteiger partial charge in [0.2, 0.25) is 11.8 Å². The molecule has 0 aliphatic carbocycles. The van der Waals surface area contributed by atoms with Crippen LogP contribution < -0.4 is 10.1 Å². The molecular formula is C21H24N4O4S2. The lowest BCUT2D eigenvalue weighted by Crippen LogP contribution is -2.05. The predicted octanol–water partition coefficient (Wildman–Crippen LogP) is 5.35. The fourth-order valence-electron chi connectivity index (χ4n) is 2.60. The van der Waals surface area contributed by atoms with Gasteiger partial charge in [-0.05, 0) is 49.1 Å². The molecule has 0 fully saturated rings. The Hall–Kier alpha value is -2.98. The number of carbonyl (C=O) groups is 1. The molecule has 1 amide bonds. The lowest BCUT2D eigenvalue weighted by atomic mass is 10.2. The maximum Gasteiger partial charge on any atom is 0.442 e. The molecule has 10 heteroatoms. The highest BCUT2D eigenvalue weighted by Crippen LogP contribution is 2.32. The standard InChI is InChI=1S/C21H24N4O4S2/c1-4-12-29-19-17(18-7-6-13-30-18)14-22-20(24-19)23-15-8-10-16(11-9-15)31(3,27)25-21(26)28-5-2/h6-11,13-14H,4-5,12H2,1-3H3,(H,22,23,24). The number of carbonyl (C=O) groups excluding carboxylic acids is 1. The molecule has 1 atom stereocenters. The minimum Gasteiger partial charge on any atom is -0.477 e. The Bertz CT molecular complexity index is 1140. The Morgan fingerprint density at radius 3 is 2.65 bits per heavy atom. The van der Waals surface area contributed by atoms with E-state index in [1.54, 1.807) is 48.7 Å². The van der Waals surface area contributed by atoms with Gasteiger partial charge >= 0.3 is 6.09 Å². The molecule has 0 radical (unpaired) electrons. The van der Waals surface area contributed by atoms with Crippen molar-refractivity contribution in [3.05, 3.63) is 48.0 Å². The third kappa shape index (κ3) is 6.02. The van der Waals surface area contributed by atoms with Crippen LogP contribution in [0, 0.1) is 0 Å². The molecule has 0 saturated heterocycles. The van der Waals surface area contributed by atoms with Crippen LogP contribution in [0.1, 0.15) is 20.3 Å². The van der Waals surface area contributed by atoms with Crippen molar-refractivity contribution in [1.82, 2.24) is 9.97 Å². The van der Waals surface area contributed by atoms with Gasteiger partial charge in [0, 0.05) is 27.9 Å². The lowest BCUT2D eigenvalue weighted by Gasteiger charge is -2.11. The maximum atomic E-state index is 12.7. The summed E-state index contributed by atoms with van der Waals surface area (Å²) in [4.78, 5) is 21.9. The van der Waals surface area contributed by atoms with Gasteiger partial charge < -0.3 is 14.8 Å². The molecule has 0 saturated carbocycles. The third-order valence-corrected chi connectivity index (χ3v) is 6.60. The zero-order chi connectivity index (χ0) is 22.3.